The van der Waals surface area contributed by atoms with Crippen LogP contribution in [-0.2, 0) is 27.6 Å². The minimum atomic E-state index is -3.73. The Hall–Kier alpha value is -4.13. The van der Waals surface area contributed by atoms with Crippen LogP contribution in [0, 0.1) is 11.6 Å². The Morgan fingerprint density at radius 3 is 2.42 bits per heavy atom. The maximum atomic E-state index is 14.0. The van der Waals surface area contributed by atoms with Crippen molar-refractivity contribution in [3.63, 3.8) is 0 Å². The number of aliphatic hydroxyl groups is 1. The SMILES string of the molecule is C=CCO/N=C(/C)c1cc(C(=O)N[C@@H](Cc2cc(F)cc(F)c2)[C@@H](O)CNCc2cccc(OC)c2)cc(S(C)(=O)=O)c1. The molecule has 2 atom stereocenters. The van der Waals surface area contributed by atoms with Gasteiger partial charge in [0.1, 0.15) is 24.0 Å². The van der Waals surface area contributed by atoms with Gasteiger partial charge in [0.2, 0.25) is 0 Å². The summed E-state index contributed by atoms with van der Waals surface area (Å²) in [5, 5.41) is 20.9. The molecule has 0 aliphatic carbocycles. The number of sulfone groups is 1. The van der Waals surface area contributed by atoms with Crippen LogP contribution in [0.1, 0.15) is 34.0 Å². The van der Waals surface area contributed by atoms with Crippen molar-refractivity contribution in [1.29, 1.82) is 0 Å². The van der Waals surface area contributed by atoms with Crippen LogP contribution >= 0.6 is 0 Å². The molecule has 0 aromatic heterocycles. The zero-order valence-electron chi connectivity index (χ0n) is 24.1. The lowest BCUT2D eigenvalue weighted by molar-refractivity contribution is 0.0829. The molecule has 0 radical (unpaired) electrons. The van der Waals surface area contributed by atoms with Crippen molar-refractivity contribution in [1.82, 2.24) is 10.6 Å². The normalized spacial score (nSPS) is 13.2. The Bertz CT molecular complexity index is 1560. The van der Waals surface area contributed by atoms with Gasteiger partial charge < -0.3 is 25.3 Å². The first-order valence-corrected chi connectivity index (χ1v) is 15.2. The molecule has 0 saturated carbocycles. The number of aliphatic hydroxyl groups excluding tert-OH is 1. The number of amides is 1. The molecule has 3 aromatic rings. The molecule has 0 aliphatic heterocycles. The zero-order chi connectivity index (χ0) is 31.6. The van der Waals surface area contributed by atoms with Crippen molar-refractivity contribution in [2.75, 3.05) is 26.5 Å². The summed E-state index contributed by atoms with van der Waals surface area (Å²) in [6.45, 7) is 5.64. The molecule has 3 N–H and O–H groups in total. The number of nitrogens with zero attached hydrogens (tertiary/aromatic N) is 1. The van der Waals surface area contributed by atoms with Gasteiger partial charge in [-0.1, -0.05) is 29.9 Å². The van der Waals surface area contributed by atoms with Gasteiger partial charge in [-0.2, -0.15) is 0 Å². The number of hydrogen-bond donors (Lipinski definition) is 3. The topological polar surface area (TPSA) is 126 Å². The molecule has 0 bridgehead atoms. The highest BCUT2D eigenvalue weighted by molar-refractivity contribution is 7.90. The molecule has 12 heteroatoms. The predicted molar refractivity (Wildman–Crippen MR) is 160 cm³/mol. The predicted octanol–water partition coefficient (Wildman–Crippen LogP) is 3.80. The second-order valence-corrected chi connectivity index (χ2v) is 11.9. The number of ether oxygens (including phenoxy) is 1. The van der Waals surface area contributed by atoms with Gasteiger partial charge in [-0.3, -0.25) is 4.79 Å². The molecular formula is C31H35F2N3O6S. The van der Waals surface area contributed by atoms with E-state index in [2.05, 4.69) is 22.4 Å². The van der Waals surface area contributed by atoms with Gasteiger partial charge in [0, 0.05) is 36.5 Å². The smallest absolute Gasteiger partial charge is 0.251 e. The van der Waals surface area contributed by atoms with Crippen LogP contribution in [0.5, 0.6) is 5.75 Å². The first-order valence-electron chi connectivity index (χ1n) is 13.3. The second-order valence-electron chi connectivity index (χ2n) is 9.89. The Morgan fingerprint density at radius 1 is 1.07 bits per heavy atom. The molecule has 230 valence electrons. The zero-order valence-corrected chi connectivity index (χ0v) is 25.0. The summed E-state index contributed by atoms with van der Waals surface area (Å²) >= 11 is 0. The molecule has 0 saturated heterocycles. The number of rotatable bonds is 15. The highest BCUT2D eigenvalue weighted by atomic mass is 32.2. The van der Waals surface area contributed by atoms with Crippen molar-refractivity contribution >= 4 is 21.5 Å². The van der Waals surface area contributed by atoms with E-state index in [0.29, 0.717) is 23.6 Å². The summed E-state index contributed by atoms with van der Waals surface area (Å²) in [6.07, 6.45) is 1.18. The second kappa shape index (κ2) is 15.4. The molecule has 1 amide bonds. The molecule has 0 spiro atoms. The van der Waals surface area contributed by atoms with Crippen LogP contribution < -0.4 is 15.4 Å². The van der Waals surface area contributed by atoms with E-state index in [4.69, 9.17) is 9.57 Å². The largest absolute Gasteiger partial charge is 0.497 e. The molecule has 0 heterocycles. The van der Waals surface area contributed by atoms with Crippen molar-refractivity contribution < 1.29 is 36.7 Å². The number of halogens is 2. The fourth-order valence-corrected chi connectivity index (χ4v) is 4.88. The number of benzene rings is 3. The number of carbonyl (C=O) groups is 1. The number of hydrogen-bond acceptors (Lipinski definition) is 8. The minimum absolute atomic E-state index is 0.0149. The van der Waals surface area contributed by atoms with Crippen LogP contribution in [-0.4, -0.2) is 63.8 Å². The maximum absolute atomic E-state index is 14.0. The Labute approximate surface area is 250 Å². The average molecular weight is 616 g/mol. The third kappa shape index (κ3) is 10.3. The van der Waals surface area contributed by atoms with Gasteiger partial charge in [0.25, 0.3) is 5.91 Å². The number of oxime groups is 1. The Morgan fingerprint density at radius 2 is 1.77 bits per heavy atom. The van der Waals surface area contributed by atoms with Crippen LogP contribution in [0.2, 0.25) is 0 Å². The highest BCUT2D eigenvalue weighted by Gasteiger charge is 2.24. The van der Waals surface area contributed by atoms with Crippen LogP contribution in [0.25, 0.3) is 0 Å². The molecule has 43 heavy (non-hydrogen) atoms. The summed E-state index contributed by atoms with van der Waals surface area (Å²) in [7, 11) is -2.18. The van der Waals surface area contributed by atoms with E-state index in [1.807, 2.05) is 18.2 Å². The maximum Gasteiger partial charge on any atom is 0.251 e. The lowest BCUT2D eigenvalue weighted by Crippen LogP contribution is -2.48. The van der Waals surface area contributed by atoms with Gasteiger partial charge in [-0.05, 0) is 66.9 Å². The first kappa shape index (κ1) is 33.4. The van der Waals surface area contributed by atoms with Crippen LogP contribution in [0.4, 0.5) is 8.78 Å². The molecule has 0 fully saturated rings. The summed E-state index contributed by atoms with van der Waals surface area (Å²) in [4.78, 5) is 18.5. The van der Waals surface area contributed by atoms with Gasteiger partial charge in [-0.25, -0.2) is 17.2 Å². The van der Waals surface area contributed by atoms with Gasteiger partial charge in [0.05, 0.1) is 29.9 Å². The van der Waals surface area contributed by atoms with Crippen molar-refractivity contribution in [3.8, 4) is 5.75 Å². The molecule has 3 rings (SSSR count). The van der Waals surface area contributed by atoms with Crippen molar-refractivity contribution in [3.05, 3.63) is 107 Å². The lowest BCUT2D eigenvalue weighted by Gasteiger charge is -2.25. The van der Waals surface area contributed by atoms with E-state index in [-0.39, 0.29) is 35.6 Å². The molecule has 0 aliphatic rings. The van der Waals surface area contributed by atoms with E-state index in [9.17, 15) is 27.1 Å². The van der Waals surface area contributed by atoms with Gasteiger partial charge >= 0.3 is 0 Å². The number of nitrogens with one attached hydrogen (secondary N) is 2. The highest BCUT2D eigenvalue weighted by Crippen LogP contribution is 2.19. The van der Waals surface area contributed by atoms with Crippen molar-refractivity contribution in [2.24, 2.45) is 5.16 Å². The van der Waals surface area contributed by atoms with E-state index < -0.39 is 39.5 Å². The Balaban J connectivity index is 1.88. The van der Waals surface area contributed by atoms with Crippen LogP contribution in [0.3, 0.4) is 0 Å². The summed E-state index contributed by atoms with van der Waals surface area (Å²) < 4.78 is 57.9. The van der Waals surface area contributed by atoms with Gasteiger partial charge in [0.15, 0.2) is 9.84 Å². The summed E-state index contributed by atoms with van der Waals surface area (Å²) in [5.74, 6) is -1.64. The molecule has 0 unspecified atom stereocenters. The quantitative estimate of drug-likeness (QED) is 0.103. The number of carbonyl (C=O) groups excluding carboxylic acids is 1. The standard InChI is InChI=1S/C31H35F2N3O6S/c1-5-9-42-36-20(2)23-14-24(16-28(15-23)43(4,39)40)31(38)35-29(13-22-10-25(32)17-26(33)11-22)30(37)19-34-18-21-7-6-8-27(12-21)41-3/h5-8,10-12,14-17,29-30,34,37H,1,9,13,18-19H2,2-4H3,(H,35,38)/b36-20-/t29-,30-/m0/s1. The number of methoxy groups -OCH3 is 1. The van der Waals surface area contributed by atoms with E-state index in [1.54, 1.807) is 20.1 Å². The van der Waals surface area contributed by atoms with Gasteiger partial charge in [-0.15, -0.1) is 0 Å². The lowest BCUT2D eigenvalue weighted by atomic mass is 9.99. The third-order valence-corrected chi connectivity index (χ3v) is 7.48. The third-order valence-electron chi connectivity index (χ3n) is 6.38. The molecule has 3 aromatic carbocycles. The van der Waals surface area contributed by atoms with E-state index in [0.717, 1.165) is 30.0 Å². The monoisotopic (exact) mass is 615 g/mol. The summed E-state index contributed by atoms with van der Waals surface area (Å²) in [6, 6.07) is 13.3. The average Bonchev–Trinajstić information content (AvgIpc) is 2.95. The minimum Gasteiger partial charge on any atom is -0.497 e. The van der Waals surface area contributed by atoms with E-state index in [1.165, 1.54) is 24.3 Å². The first-order chi connectivity index (χ1) is 20.4. The molecule has 9 nitrogen and oxygen atoms in total. The molecular weight excluding hydrogens is 580 g/mol. The van der Waals surface area contributed by atoms with Crippen molar-refractivity contribution in [2.45, 2.75) is 36.9 Å². The Kier molecular flexibility index (Phi) is 11.9. The fraction of sp³-hybridized carbons (Fsp3) is 0.290. The van der Waals surface area contributed by atoms with Crippen LogP contribution in [0.15, 0.2) is 83.4 Å². The summed E-state index contributed by atoms with van der Waals surface area (Å²) in [5.41, 5.74) is 1.71. The van der Waals surface area contributed by atoms with E-state index >= 15 is 0 Å². The fourth-order valence-electron chi connectivity index (χ4n) is 4.20.